The second-order valence-corrected chi connectivity index (χ2v) is 8.30. The van der Waals surface area contributed by atoms with E-state index in [9.17, 15) is 4.39 Å². The molecule has 26 heavy (non-hydrogen) atoms. The summed E-state index contributed by atoms with van der Waals surface area (Å²) in [7, 11) is 0. The standard InChI is InChI=1S/C20H27FN4O/c1-20(2)7-6-15-16(11-20)24-25-19(15)13-9-17(21)23-18(10-13)22-12-14-5-3-4-8-26-14/h9-10,14H,3-8,11-12H2,1-2H3,(H,22,23)(H,24,25). The van der Waals surface area contributed by atoms with Gasteiger partial charge in [-0.1, -0.05) is 13.8 Å². The molecule has 4 rings (SSSR count). The predicted octanol–water partition coefficient (Wildman–Crippen LogP) is 4.11. The van der Waals surface area contributed by atoms with E-state index in [0.29, 0.717) is 12.4 Å². The van der Waals surface area contributed by atoms with E-state index in [1.807, 2.05) is 6.07 Å². The first-order valence-electron chi connectivity index (χ1n) is 9.60. The monoisotopic (exact) mass is 358 g/mol. The van der Waals surface area contributed by atoms with Gasteiger partial charge in [0.2, 0.25) is 5.95 Å². The minimum atomic E-state index is -0.484. The van der Waals surface area contributed by atoms with Gasteiger partial charge in [0.25, 0.3) is 0 Å². The highest BCUT2D eigenvalue weighted by molar-refractivity contribution is 5.67. The second-order valence-electron chi connectivity index (χ2n) is 8.30. The Hall–Kier alpha value is -1.95. The van der Waals surface area contributed by atoms with Gasteiger partial charge in [-0.3, -0.25) is 5.10 Å². The highest BCUT2D eigenvalue weighted by Gasteiger charge is 2.29. The van der Waals surface area contributed by atoms with Gasteiger partial charge in [-0.05, 0) is 50.0 Å². The summed E-state index contributed by atoms with van der Waals surface area (Å²) in [5.41, 5.74) is 4.32. The number of aromatic nitrogens is 3. The zero-order valence-corrected chi connectivity index (χ0v) is 15.6. The lowest BCUT2D eigenvalue weighted by molar-refractivity contribution is 0.0247. The Kier molecular flexibility index (Phi) is 4.69. The molecule has 1 fully saturated rings. The first kappa shape index (κ1) is 17.5. The summed E-state index contributed by atoms with van der Waals surface area (Å²) < 4.78 is 19.8. The molecule has 2 aromatic heterocycles. The average Bonchev–Trinajstić information content (AvgIpc) is 3.02. The third-order valence-corrected chi connectivity index (χ3v) is 5.51. The predicted molar refractivity (Wildman–Crippen MR) is 99.7 cm³/mol. The third kappa shape index (κ3) is 3.75. The van der Waals surface area contributed by atoms with Crippen LogP contribution in [0.1, 0.15) is 50.8 Å². The summed E-state index contributed by atoms with van der Waals surface area (Å²) in [6.45, 7) is 6.02. The molecule has 1 aliphatic carbocycles. The van der Waals surface area contributed by atoms with Crippen molar-refractivity contribution in [1.82, 2.24) is 15.2 Å². The summed E-state index contributed by atoms with van der Waals surface area (Å²) in [6.07, 6.45) is 6.59. The van der Waals surface area contributed by atoms with E-state index in [1.54, 1.807) is 0 Å². The molecule has 1 unspecified atom stereocenters. The average molecular weight is 358 g/mol. The van der Waals surface area contributed by atoms with E-state index in [1.165, 1.54) is 23.7 Å². The Labute approximate surface area is 153 Å². The molecule has 2 aromatic rings. The highest BCUT2D eigenvalue weighted by atomic mass is 19.1. The number of nitrogens with zero attached hydrogens (tertiary/aromatic N) is 2. The first-order chi connectivity index (χ1) is 12.5. The van der Waals surface area contributed by atoms with Crippen LogP contribution >= 0.6 is 0 Å². The summed E-state index contributed by atoms with van der Waals surface area (Å²) in [5.74, 6) is 0.0597. The number of rotatable bonds is 4. The van der Waals surface area contributed by atoms with Crippen molar-refractivity contribution in [2.45, 2.75) is 58.5 Å². The van der Waals surface area contributed by atoms with E-state index in [2.05, 4.69) is 34.3 Å². The van der Waals surface area contributed by atoms with Crippen molar-refractivity contribution in [2.75, 3.05) is 18.5 Å². The molecular formula is C20H27FN4O. The van der Waals surface area contributed by atoms with Crippen LogP contribution in [0.4, 0.5) is 10.2 Å². The normalized spacial score (nSPS) is 22.0. The molecule has 3 heterocycles. The zero-order chi connectivity index (χ0) is 18.1. The van der Waals surface area contributed by atoms with Crippen LogP contribution in [-0.4, -0.2) is 34.4 Å². The number of aromatic amines is 1. The number of halogens is 1. The first-order valence-corrected chi connectivity index (χ1v) is 9.60. The van der Waals surface area contributed by atoms with Crippen LogP contribution in [0.15, 0.2) is 12.1 Å². The number of nitrogens with one attached hydrogen (secondary N) is 2. The van der Waals surface area contributed by atoms with Gasteiger partial charge in [0.15, 0.2) is 0 Å². The molecule has 0 radical (unpaired) electrons. The summed E-state index contributed by atoms with van der Waals surface area (Å²) in [5, 5.41) is 10.9. The molecule has 5 nitrogen and oxygen atoms in total. The highest BCUT2D eigenvalue weighted by Crippen LogP contribution is 2.38. The molecule has 0 amide bonds. The lowest BCUT2D eigenvalue weighted by Crippen LogP contribution is -2.27. The lowest BCUT2D eigenvalue weighted by Gasteiger charge is -2.29. The van der Waals surface area contributed by atoms with E-state index in [-0.39, 0.29) is 11.5 Å². The smallest absolute Gasteiger partial charge is 0.215 e. The molecule has 140 valence electrons. The third-order valence-electron chi connectivity index (χ3n) is 5.51. The Balaban J connectivity index is 1.54. The van der Waals surface area contributed by atoms with Gasteiger partial charge in [0, 0.05) is 36.0 Å². The van der Waals surface area contributed by atoms with Crippen molar-refractivity contribution >= 4 is 5.82 Å². The van der Waals surface area contributed by atoms with E-state index in [4.69, 9.17) is 4.74 Å². The van der Waals surface area contributed by atoms with Crippen molar-refractivity contribution < 1.29 is 9.13 Å². The number of ether oxygens (including phenoxy) is 1. The van der Waals surface area contributed by atoms with Crippen LogP contribution in [0.25, 0.3) is 11.3 Å². The van der Waals surface area contributed by atoms with Gasteiger partial charge in [-0.25, -0.2) is 4.98 Å². The largest absolute Gasteiger partial charge is 0.376 e. The molecular weight excluding hydrogens is 331 g/mol. The minimum absolute atomic E-state index is 0.178. The van der Waals surface area contributed by atoms with Crippen molar-refractivity contribution in [3.05, 3.63) is 29.3 Å². The maximum absolute atomic E-state index is 14.1. The van der Waals surface area contributed by atoms with Gasteiger partial charge >= 0.3 is 0 Å². The topological polar surface area (TPSA) is 62.8 Å². The number of anilines is 1. The fourth-order valence-corrected chi connectivity index (χ4v) is 4.00. The maximum atomic E-state index is 14.1. The molecule has 1 aliphatic heterocycles. The summed E-state index contributed by atoms with van der Waals surface area (Å²) >= 11 is 0. The van der Waals surface area contributed by atoms with Crippen LogP contribution in [0, 0.1) is 11.4 Å². The minimum Gasteiger partial charge on any atom is -0.376 e. The molecule has 0 aromatic carbocycles. The molecule has 2 aliphatic rings. The molecule has 0 bridgehead atoms. The Morgan fingerprint density at radius 3 is 3.04 bits per heavy atom. The fourth-order valence-electron chi connectivity index (χ4n) is 4.00. The van der Waals surface area contributed by atoms with Crippen molar-refractivity contribution in [3.63, 3.8) is 0 Å². The molecule has 6 heteroatoms. The number of hydrogen-bond acceptors (Lipinski definition) is 4. The second kappa shape index (κ2) is 6.99. The van der Waals surface area contributed by atoms with Crippen LogP contribution in [0.2, 0.25) is 0 Å². The number of pyridine rings is 1. The molecule has 1 atom stereocenters. The van der Waals surface area contributed by atoms with Crippen LogP contribution in [-0.2, 0) is 17.6 Å². The van der Waals surface area contributed by atoms with Crippen LogP contribution < -0.4 is 5.32 Å². The van der Waals surface area contributed by atoms with Gasteiger partial charge < -0.3 is 10.1 Å². The van der Waals surface area contributed by atoms with Crippen molar-refractivity contribution in [1.29, 1.82) is 0 Å². The lowest BCUT2D eigenvalue weighted by atomic mass is 9.76. The van der Waals surface area contributed by atoms with Gasteiger partial charge in [-0.15, -0.1) is 0 Å². The van der Waals surface area contributed by atoms with Crippen LogP contribution in [0.5, 0.6) is 0 Å². The Bertz CT molecular complexity index is 780. The number of fused-ring (bicyclic) bond motifs is 1. The molecule has 0 spiro atoms. The molecule has 0 saturated carbocycles. The van der Waals surface area contributed by atoms with E-state index >= 15 is 0 Å². The Morgan fingerprint density at radius 2 is 2.23 bits per heavy atom. The zero-order valence-electron chi connectivity index (χ0n) is 15.6. The van der Waals surface area contributed by atoms with Crippen molar-refractivity contribution in [3.8, 4) is 11.3 Å². The van der Waals surface area contributed by atoms with Gasteiger partial charge in [0.1, 0.15) is 5.82 Å². The van der Waals surface area contributed by atoms with Crippen molar-refractivity contribution in [2.24, 2.45) is 5.41 Å². The summed E-state index contributed by atoms with van der Waals surface area (Å²) in [4.78, 5) is 3.99. The SMILES string of the molecule is CC1(C)CCc2c(-c3cc(F)nc(NCC4CCCCO4)c3)n[nH]c2C1. The van der Waals surface area contributed by atoms with E-state index < -0.39 is 5.95 Å². The molecule has 2 N–H and O–H groups in total. The van der Waals surface area contributed by atoms with Crippen LogP contribution in [0.3, 0.4) is 0 Å². The van der Waals surface area contributed by atoms with Gasteiger partial charge in [-0.2, -0.15) is 9.49 Å². The van der Waals surface area contributed by atoms with Gasteiger partial charge in [0.05, 0.1) is 11.8 Å². The maximum Gasteiger partial charge on any atom is 0.215 e. The molecule has 1 saturated heterocycles. The number of hydrogen-bond donors (Lipinski definition) is 2. The number of H-pyrrole nitrogens is 1. The fraction of sp³-hybridized carbons (Fsp3) is 0.600. The quantitative estimate of drug-likeness (QED) is 0.808. The Morgan fingerprint density at radius 1 is 1.35 bits per heavy atom. The summed E-state index contributed by atoms with van der Waals surface area (Å²) in [6, 6.07) is 3.36. The van der Waals surface area contributed by atoms with E-state index in [0.717, 1.165) is 50.0 Å².